The number of piperazine rings is 1. The fourth-order valence-corrected chi connectivity index (χ4v) is 6.32. The lowest BCUT2D eigenvalue weighted by Crippen LogP contribution is -2.50. The van der Waals surface area contributed by atoms with E-state index in [2.05, 4.69) is 14.6 Å². The highest BCUT2D eigenvalue weighted by Gasteiger charge is 2.27. The second-order valence-electron chi connectivity index (χ2n) is 8.35. The Balaban J connectivity index is 0.00000304. The number of nitrogens with one attached hydrogen (secondary N) is 1. The van der Waals surface area contributed by atoms with Crippen LogP contribution in [-0.2, 0) is 14.8 Å². The largest absolute Gasteiger partial charge is 0.368 e. The number of carbonyl (C=O) groups excluding carboxylic acids is 1. The van der Waals surface area contributed by atoms with Crippen LogP contribution in [0.2, 0.25) is 5.02 Å². The van der Waals surface area contributed by atoms with Crippen molar-refractivity contribution in [3.05, 3.63) is 71.3 Å². The van der Waals surface area contributed by atoms with Gasteiger partial charge in [-0.05, 0) is 48.7 Å². The van der Waals surface area contributed by atoms with Crippen LogP contribution < -0.4 is 9.62 Å². The Hall–Kier alpha value is -3.08. The van der Waals surface area contributed by atoms with Crippen molar-refractivity contribution in [2.45, 2.75) is 17.9 Å². The second-order valence-corrected chi connectivity index (χ2v) is 11.4. The third-order valence-electron chi connectivity index (χ3n) is 6.20. The molecule has 1 saturated heterocycles. The number of amides is 1. The van der Waals surface area contributed by atoms with E-state index in [1.54, 1.807) is 29.8 Å². The normalized spacial score (nSPS) is 15.4. The maximum Gasteiger partial charge on any atom is 0.263 e. The van der Waals surface area contributed by atoms with Crippen LogP contribution in [0.15, 0.2) is 71.2 Å². The highest BCUT2D eigenvalue weighted by molar-refractivity contribution is 7.93. The Labute approximate surface area is 214 Å². The van der Waals surface area contributed by atoms with Gasteiger partial charge in [-0.15, -0.1) is 11.3 Å². The van der Waals surface area contributed by atoms with E-state index >= 15 is 0 Å². The fraction of sp³-hybridized carbons (Fsp3) is 0.250. The van der Waals surface area contributed by atoms with E-state index in [0.717, 1.165) is 16.6 Å². The summed E-state index contributed by atoms with van der Waals surface area (Å²) in [5.41, 5.74) is 1.74. The van der Waals surface area contributed by atoms with Gasteiger partial charge in [-0.2, -0.15) is 0 Å². The lowest BCUT2D eigenvalue weighted by atomic mass is 10.2. The van der Waals surface area contributed by atoms with Gasteiger partial charge in [0.2, 0.25) is 5.91 Å². The summed E-state index contributed by atoms with van der Waals surface area (Å²) in [7, 11) is -3.73. The third kappa shape index (κ3) is 4.86. The standard InChI is InChI=1S/C24H24ClN5O3S2.H2/c1-17(30-9-7-18-5-6-19(25)15-22(18)30)23(31)29-12-10-28(11-13-29)20-3-2-4-21(16-20)35(32,33)27-24-26-8-14-34-24;/h2-9,14-17H,10-13H2,1H3,(H,26,27);1H/t17-;/m1./s1. The molecule has 0 saturated carbocycles. The predicted octanol–water partition coefficient (Wildman–Crippen LogP) is 4.71. The highest BCUT2D eigenvalue weighted by atomic mass is 35.5. The van der Waals surface area contributed by atoms with Crippen molar-refractivity contribution in [1.82, 2.24) is 14.5 Å². The Morgan fingerprint density at radius 1 is 1.14 bits per heavy atom. The summed E-state index contributed by atoms with van der Waals surface area (Å²) in [5, 5.41) is 3.72. The molecule has 1 aliphatic heterocycles. The van der Waals surface area contributed by atoms with E-state index in [-0.39, 0.29) is 18.3 Å². The number of halogens is 1. The van der Waals surface area contributed by atoms with Crippen molar-refractivity contribution in [3.8, 4) is 0 Å². The molecule has 2 aromatic carbocycles. The van der Waals surface area contributed by atoms with Gasteiger partial charge in [0.25, 0.3) is 10.0 Å². The van der Waals surface area contributed by atoms with Crippen LogP contribution in [0.3, 0.4) is 0 Å². The Kier molecular flexibility index (Phi) is 6.43. The van der Waals surface area contributed by atoms with Crippen LogP contribution in [0, 0.1) is 0 Å². The molecule has 184 valence electrons. The number of hydrogen-bond acceptors (Lipinski definition) is 6. The topological polar surface area (TPSA) is 87.5 Å². The first kappa shape index (κ1) is 23.7. The van der Waals surface area contributed by atoms with Crippen molar-refractivity contribution >= 4 is 60.6 Å². The van der Waals surface area contributed by atoms with Gasteiger partial charge in [-0.3, -0.25) is 9.52 Å². The average Bonchev–Trinajstić information content (AvgIpc) is 3.52. The quantitative estimate of drug-likeness (QED) is 0.389. The summed E-state index contributed by atoms with van der Waals surface area (Å²) in [6.07, 6.45) is 3.47. The van der Waals surface area contributed by atoms with Crippen molar-refractivity contribution < 1.29 is 14.6 Å². The van der Waals surface area contributed by atoms with Gasteiger partial charge in [0, 0.05) is 56.1 Å². The first-order valence-corrected chi connectivity index (χ1v) is 13.9. The molecule has 11 heteroatoms. The lowest BCUT2D eigenvalue weighted by molar-refractivity contribution is -0.134. The number of benzene rings is 2. The first-order valence-electron chi connectivity index (χ1n) is 11.1. The summed E-state index contributed by atoms with van der Waals surface area (Å²) < 4.78 is 30.0. The number of carbonyl (C=O) groups is 1. The van der Waals surface area contributed by atoms with Crippen molar-refractivity contribution in [2.75, 3.05) is 35.8 Å². The molecule has 1 atom stereocenters. The number of fused-ring (bicyclic) bond motifs is 1. The molecule has 8 nitrogen and oxygen atoms in total. The zero-order chi connectivity index (χ0) is 24.6. The van der Waals surface area contributed by atoms with Crippen LogP contribution in [0.25, 0.3) is 10.9 Å². The Morgan fingerprint density at radius 2 is 1.94 bits per heavy atom. The number of hydrogen-bond donors (Lipinski definition) is 1. The maximum absolute atomic E-state index is 13.3. The van der Waals surface area contributed by atoms with Gasteiger partial charge in [-0.1, -0.05) is 23.7 Å². The minimum atomic E-state index is -3.73. The number of anilines is 2. The van der Waals surface area contributed by atoms with Gasteiger partial charge in [-0.25, -0.2) is 13.4 Å². The third-order valence-corrected chi connectivity index (χ3v) is 8.59. The zero-order valence-electron chi connectivity index (χ0n) is 19.0. The molecular formula is C24H26ClN5O3S2. The molecule has 1 amide bonds. The molecule has 4 aromatic rings. The Bertz CT molecular complexity index is 1470. The summed E-state index contributed by atoms with van der Waals surface area (Å²) in [5.74, 6) is 0.0473. The van der Waals surface area contributed by atoms with Crippen molar-refractivity contribution in [1.29, 1.82) is 0 Å². The van der Waals surface area contributed by atoms with Crippen LogP contribution in [0.4, 0.5) is 10.8 Å². The molecule has 1 aliphatic rings. The molecule has 0 aliphatic carbocycles. The Morgan fingerprint density at radius 3 is 2.69 bits per heavy atom. The minimum absolute atomic E-state index is 0. The molecule has 1 fully saturated rings. The van der Waals surface area contributed by atoms with Gasteiger partial charge in [0.1, 0.15) is 6.04 Å². The maximum atomic E-state index is 13.3. The molecule has 1 N–H and O–H groups in total. The van der Waals surface area contributed by atoms with Crippen LogP contribution >= 0.6 is 22.9 Å². The second kappa shape index (κ2) is 9.52. The minimum Gasteiger partial charge on any atom is -0.368 e. The molecule has 0 bridgehead atoms. The van der Waals surface area contributed by atoms with Crippen LogP contribution in [0.1, 0.15) is 14.4 Å². The number of thiazole rings is 1. The molecule has 35 heavy (non-hydrogen) atoms. The molecule has 5 rings (SSSR count). The van der Waals surface area contributed by atoms with Gasteiger partial charge < -0.3 is 14.4 Å². The average molecular weight is 532 g/mol. The summed E-state index contributed by atoms with van der Waals surface area (Å²) in [6, 6.07) is 14.1. The van der Waals surface area contributed by atoms with E-state index < -0.39 is 10.0 Å². The van der Waals surface area contributed by atoms with E-state index in [9.17, 15) is 13.2 Å². The van der Waals surface area contributed by atoms with Crippen molar-refractivity contribution in [3.63, 3.8) is 0 Å². The van der Waals surface area contributed by atoms with Gasteiger partial charge in [0.15, 0.2) is 5.13 Å². The number of sulfonamides is 1. The highest BCUT2D eigenvalue weighted by Crippen LogP contribution is 2.26. The van der Waals surface area contributed by atoms with E-state index in [1.165, 1.54) is 11.3 Å². The van der Waals surface area contributed by atoms with E-state index in [4.69, 9.17) is 11.6 Å². The molecule has 3 heterocycles. The number of rotatable bonds is 6. The predicted molar refractivity (Wildman–Crippen MR) is 142 cm³/mol. The van der Waals surface area contributed by atoms with E-state index in [1.807, 2.05) is 52.9 Å². The fourth-order valence-electron chi connectivity index (χ4n) is 4.32. The van der Waals surface area contributed by atoms with E-state index in [0.29, 0.717) is 36.3 Å². The lowest BCUT2D eigenvalue weighted by Gasteiger charge is -2.37. The van der Waals surface area contributed by atoms with Crippen LogP contribution in [0.5, 0.6) is 0 Å². The monoisotopic (exact) mass is 531 g/mol. The van der Waals surface area contributed by atoms with Crippen molar-refractivity contribution in [2.24, 2.45) is 0 Å². The molecule has 0 spiro atoms. The smallest absolute Gasteiger partial charge is 0.263 e. The summed E-state index contributed by atoms with van der Waals surface area (Å²) in [4.78, 5) is 21.4. The SMILES string of the molecule is C[C@H](C(=O)N1CCN(c2cccc(S(=O)(=O)Nc3nccs3)c2)CC1)n1ccc2ccc(Cl)cc21.[HH]. The molecular weight excluding hydrogens is 506 g/mol. The summed E-state index contributed by atoms with van der Waals surface area (Å²) in [6.45, 7) is 4.23. The van der Waals surface area contributed by atoms with Crippen LogP contribution in [-0.4, -0.2) is 55.0 Å². The van der Waals surface area contributed by atoms with Gasteiger partial charge in [0.05, 0.1) is 10.4 Å². The van der Waals surface area contributed by atoms with Gasteiger partial charge >= 0.3 is 0 Å². The zero-order valence-corrected chi connectivity index (χ0v) is 21.4. The first-order chi connectivity index (χ1) is 16.8. The molecule has 2 aromatic heterocycles. The molecule has 0 unspecified atom stereocenters. The number of aromatic nitrogens is 2. The molecule has 0 radical (unpaired) electrons. The summed E-state index contributed by atoms with van der Waals surface area (Å²) >= 11 is 7.40. The number of nitrogens with zero attached hydrogens (tertiary/aromatic N) is 4.